The summed E-state index contributed by atoms with van der Waals surface area (Å²) in [4.78, 5) is 25.3. The normalized spacial score (nSPS) is 18.4. The molecular weight excluding hydrogens is 449 g/mol. The van der Waals surface area contributed by atoms with Crippen LogP contribution >= 0.6 is 11.6 Å². The van der Waals surface area contributed by atoms with E-state index >= 15 is 0 Å². The van der Waals surface area contributed by atoms with Crippen molar-refractivity contribution >= 4 is 23.5 Å². The van der Waals surface area contributed by atoms with Crippen LogP contribution in [0.1, 0.15) is 58.8 Å². The molecule has 0 unspecified atom stereocenters. The standard InChI is InChI=1S/C24H29ClFN3O4/c1-3-19-21-20(11-24(14-27-22(21)30)6-8-32-9-7-24)29(28-19)12-15(2)13-33-23(31)17-10-16(26)4-5-18(17)25/h4-5,10,15H,3,6-9,11-14H2,1-2H3,(H,27,30)/t15-/m1/s1. The van der Waals surface area contributed by atoms with Crippen LogP contribution in [0.15, 0.2) is 18.2 Å². The van der Waals surface area contributed by atoms with E-state index in [1.807, 2.05) is 18.5 Å². The number of rotatable bonds is 6. The summed E-state index contributed by atoms with van der Waals surface area (Å²) in [5.41, 5.74) is 2.36. The van der Waals surface area contributed by atoms with Gasteiger partial charge in [0.2, 0.25) is 0 Å². The van der Waals surface area contributed by atoms with Crippen LogP contribution in [0.3, 0.4) is 0 Å². The summed E-state index contributed by atoms with van der Waals surface area (Å²) in [6.07, 6.45) is 3.19. The third-order valence-corrected chi connectivity index (χ3v) is 6.87. The number of nitrogens with one attached hydrogen (secondary N) is 1. The molecule has 0 aliphatic carbocycles. The van der Waals surface area contributed by atoms with E-state index in [0.29, 0.717) is 38.3 Å². The zero-order chi connectivity index (χ0) is 23.6. The molecule has 1 aromatic carbocycles. The maximum atomic E-state index is 13.5. The Morgan fingerprint density at radius 2 is 2.15 bits per heavy atom. The highest BCUT2D eigenvalue weighted by Gasteiger charge is 2.39. The molecule has 1 aromatic heterocycles. The minimum atomic E-state index is -0.666. The van der Waals surface area contributed by atoms with Gasteiger partial charge in [-0.15, -0.1) is 0 Å². The fourth-order valence-electron chi connectivity index (χ4n) is 4.62. The summed E-state index contributed by atoms with van der Waals surface area (Å²) in [6, 6.07) is 3.60. The van der Waals surface area contributed by atoms with E-state index in [9.17, 15) is 14.0 Å². The van der Waals surface area contributed by atoms with Crippen molar-refractivity contribution in [3.63, 3.8) is 0 Å². The summed E-state index contributed by atoms with van der Waals surface area (Å²) in [5.74, 6) is -1.37. The second kappa shape index (κ2) is 9.81. The fraction of sp³-hybridized carbons (Fsp3) is 0.542. The number of halogens is 2. The quantitative estimate of drug-likeness (QED) is 0.640. The molecular formula is C24H29ClFN3O4. The number of ether oxygens (including phenoxy) is 2. The lowest BCUT2D eigenvalue weighted by molar-refractivity contribution is 0.0151. The van der Waals surface area contributed by atoms with Gasteiger partial charge in [0, 0.05) is 32.2 Å². The molecule has 1 amide bonds. The molecule has 2 aromatic rings. The minimum absolute atomic E-state index is 0.00298. The van der Waals surface area contributed by atoms with Crippen molar-refractivity contribution in [2.45, 2.75) is 46.1 Å². The van der Waals surface area contributed by atoms with Gasteiger partial charge in [0.25, 0.3) is 5.91 Å². The zero-order valence-electron chi connectivity index (χ0n) is 19.0. The molecule has 4 rings (SSSR count). The number of amides is 1. The highest BCUT2D eigenvalue weighted by Crippen LogP contribution is 2.37. The van der Waals surface area contributed by atoms with Crippen LogP contribution in [-0.4, -0.2) is 48.0 Å². The molecule has 0 bridgehead atoms. The van der Waals surface area contributed by atoms with E-state index in [0.717, 1.165) is 36.7 Å². The summed E-state index contributed by atoms with van der Waals surface area (Å²) in [5, 5.41) is 8.00. The fourth-order valence-corrected chi connectivity index (χ4v) is 4.82. The molecule has 0 radical (unpaired) electrons. The number of hydrogen-bond donors (Lipinski definition) is 1. The minimum Gasteiger partial charge on any atom is -0.462 e. The van der Waals surface area contributed by atoms with Gasteiger partial charge >= 0.3 is 5.97 Å². The number of esters is 1. The topological polar surface area (TPSA) is 82.5 Å². The van der Waals surface area contributed by atoms with Crippen LogP contribution < -0.4 is 5.32 Å². The molecule has 2 aliphatic heterocycles. The first-order chi connectivity index (χ1) is 15.8. The van der Waals surface area contributed by atoms with Gasteiger partial charge in [-0.25, -0.2) is 9.18 Å². The summed E-state index contributed by atoms with van der Waals surface area (Å²) in [6.45, 7) is 6.56. The van der Waals surface area contributed by atoms with E-state index in [2.05, 4.69) is 5.32 Å². The van der Waals surface area contributed by atoms with Crippen LogP contribution in [0.2, 0.25) is 5.02 Å². The van der Waals surface area contributed by atoms with Crippen molar-refractivity contribution in [1.29, 1.82) is 0 Å². The smallest absolute Gasteiger partial charge is 0.339 e. The Kier molecular flexibility index (Phi) is 7.05. The molecule has 9 heteroatoms. The Morgan fingerprint density at radius 1 is 1.39 bits per heavy atom. The number of carbonyl (C=O) groups is 2. The first-order valence-corrected chi connectivity index (χ1v) is 11.8. The first kappa shape index (κ1) is 23.7. The monoisotopic (exact) mass is 477 g/mol. The summed E-state index contributed by atoms with van der Waals surface area (Å²) in [7, 11) is 0. The van der Waals surface area contributed by atoms with Crippen LogP contribution in [-0.2, 0) is 28.9 Å². The summed E-state index contributed by atoms with van der Waals surface area (Å²) >= 11 is 6.01. The van der Waals surface area contributed by atoms with E-state index in [1.54, 1.807) is 0 Å². The highest BCUT2D eigenvalue weighted by molar-refractivity contribution is 6.33. The van der Waals surface area contributed by atoms with Crippen LogP contribution in [0.5, 0.6) is 0 Å². The largest absolute Gasteiger partial charge is 0.462 e. The molecule has 178 valence electrons. The average molecular weight is 478 g/mol. The van der Waals surface area contributed by atoms with Gasteiger partial charge in [0.05, 0.1) is 34.1 Å². The Labute approximate surface area is 197 Å². The Hall–Kier alpha value is -2.45. The SMILES string of the molecule is CCc1nn(C[C@@H](C)COC(=O)c2cc(F)ccc2Cl)c2c1C(=O)NCC1(CCOCC1)C2. The Morgan fingerprint density at radius 3 is 2.88 bits per heavy atom. The number of hydrogen-bond acceptors (Lipinski definition) is 5. The Balaban J connectivity index is 1.50. The van der Waals surface area contributed by atoms with Crippen molar-refractivity contribution in [1.82, 2.24) is 15.1 Å². The van der Waals surface area contributed by atoms with E-state index in [4.69, 9.17) is 26.2 Å². The van der Waals surface area contributed by atoms with Crippen molar-refractivity contribution < 1.29 is 23.5 Å². The zero-order valence-corrected chi connectivity index (χ0v) is 19.7. The van der Waals surface area contributed by atoms with Crippen LogP contribution in [0, 0.1) is 17.2 Å². The first-order valence-electron chi connectivity index (χ1n) is 11.4. The third-order valence-electron chi connectivity index (χ3n) is 6.54. The molecule has 1 spiro atoms. The number of aryl methyl sites for hydroxylation is 1. The van der Waals surface area contributed by atoms with Crippen molar-refractivity contribution in [2.75, 3.05) is 26.4 Å². The van der Waals surface area contributed by atoms with Gasteiger partial charge in [0.1, 0.15) is 5.82 Å². The predicted molar refractivity (Wildman–Crippen MR) is 121 cm³/mol. The third kappa shape index (κ3) is 5.06. The molecule has 1 N–H and O–H groups in total. The van der Waals surface area contributed by atoms with Crippen molar-refractivity contribution in [3.05, 3.63) is 51.6 Å². The van der Waals surface area contributed by atoms with Crippen LogP contribution in [0.4, 0.5) is 4.39 Å². The second-order valence-electron chi connectivity index (χ2n) is 9.10. The van der Waals surface area contributed by atoms with Crippen LogP contribution in [0.25, 0.3) is 0 Å². The number of fused-ring (bicyclic) bond motifs is 1. The van der Waals surface area contributed by atoms with Gasteiger partial charge in [-0.3, -0.25) is 9.48 Å². The average Bonchev–Trinajstić information content (AvgIpc) is 3.07. The Bertz CT molecular complexity index is 1050. The molecule has 1 atom stereocenters. The molecule has 7 nitrogen and oxygen atoms in total. The van der Waals surface area contributed by atoms with E-state index in [1.165, 1.54) is 12.1 Å². The lowest BCUT2D eigenvalue weighted by Crippen LogP contribution is -2.41. The lowest BCUT2D eigenvalue weighted by atomic mass is 9.76. The molecule has 3 heterocycles. The maximum absolute atomic E-state index is 13.5. The van der Waals surface area contributed by atoms with Gasteiger partial charge in [-0.05, 0) is 49.3 Å². The second-order valence-corrected chi connectivity index (χ2v) is 9.51. The number of nitrogens with zero attached hydrogens (tertiary/aromatic N) is 2. The van der Waals surface area contributed by atoms with Gasteiger partial charge in [-0.2, -0.15) is 5.10 Å². The lowest BCUT2D eigenvalue weighted by Gasteiger charge is -2.36. The maximum Gasteiger partial charge on any atom is 0.339 e. The van der Waals surface area contributed by atoms with Gasteiger partial charge < -0.3 is 14.8 Å². The van der Waals surface area contributed by atoms with Crippen molar-refractivity contribution in [2.24, 2.45) is 11.3 Å². The highest BCUT2D eigenvalue weighted by atomic mass is 35.5. The number of benzene rings is 1. The molecule has 0 saturated carbocycles. The number of aromatic nitrogens is 2. The van der Waals surface area contributed by atoms with E-state index < -0.39 is 11.8 Å². The van der Waals surface area contributed by atoms with Crippen molar-refractivity contribution in [3.8, 4) is 0 Å². The molecule has 33 heavy (non-hydrogen) atoms. The summed E-state index contributed by atoms with van der Waals surface area (Å²) < 4.78 is 26.4. The molecule has 2 aliphatic rings. The van der Waals surface area contributed by atoms with Gasteiger partial charge in [0.15, 0.2) is 0 Å². The molecule has 1 fully saturated rings. The van der Waals surface area contributed by atoms with Gasteiger partial charge in [-0.1, -0.05) is 25.4 Å². The molecule has 1 saturated heterocycles. The number of carbonyl (C=O) groups excluding carboxylic acids is 2. The van der Waals surface area contributed by atoms with E-state index in [-0.39, 0.29) is 34.4 Å². The predicted octanol–water partition coefficient (Wildman–Crippen LogP) is 3.81.